The number of hydrogen-bond donors (Lipinski definition) is 3. The highest BCUT2D eigenvalue weighted by Crippen LogP contribution is 2.25. The second-order valence-electron chi connectivity index (χ2n) is 8.44. The van der Waals surface area contributed by atoms with E-state index >= 15 is 0 Å². The second-order valence-corrected chi connectivity index (χ2v) is 8.44. The van der Waals surface area contributed by atoms with Crippen molar-refractivity contribution in [3.8, 4) is 0 Å². The van der Waals surface area contributed by atoms with E-state index in [-0.39, 0.29) is 11.1 Å². The van der Waals surface area contributed by atoms with Crippen LogP contribution < -0.4 is 10.2 Å². The number of nitrogens with zero attached hydrogens (tertiary/aromatic N) is 3. The molecule has 39 heavy (non-hydrogen) atoms. The first kappa shape index (κ1) is 30.8. The lowest BCUT2D eigenvalue weighted by Gasteiger charge is -2.22. The van der Waals surface area contributed by atoms with E-state index in [0.29, 0.717) is 17.9 Å². The molecule has 0 saturated heterocycles. The monoisotopic (exact) mass is 552 g/mol. The number of aliphatic carboxylic acids is 1. The molecule has 0 unspecified atom stereocenters. The Morgan fingerprint density at radius 3 is 2.13 bits per heavy atom. The average Bonchev–Trinajstić information content (AvgIpc) is 3.14. The third kappa shape index (κ3) is 8.28. The second kappa shape index (κ2) is 12.9. The minimum atomic E-state index is -5.08. The van der Waals surface area contributed by atoms with Gasteiger partial charge in [-0.05, 0) is 75.2 Å². The van der Waals surface area contributed by atoms with Gasteiger partial charge in [0.05, 0.1) is 16.9 Å². The van der Waals surface area contributed by atoms with Gasteiger partial charge in [0.15, 0.2) is 0 Å². The Kier molecular flexibility index (Phi) is 10.2. The third-order valence-electron chi connectivity index (χ3n) is 5.77. The molecule has 3 N–H and O–H groups in total. The van der Waals surface area contributed by atoms with Crippen molar-refractivity contribution >= 4 is 29.2 Å². The molecule has 210 valence electrons. The molecule has 0 fully saturated rings. The predicted molar refractivity (Wildman–Crippen MR) is 136 cm³/mol. The van der Waals surface area contributed by atoms with E-state index < -0.39 is 29.8 Å². The minimum Gasteiger partial charge on any atom is -0.478 e. The predicted octanol–water partition coefficient (Wildman–Crippen LogP) is 4.92. The first-order valence-corrected chi connectivity index (χ1v) is 11.6. The van der Waals surface area contributed by atoms with Gasteiger partial charge in [-0.3, -0.25) is 9.48 Å². The Balaban J connectivity index is 0.000000673. The fourth-order valence-corrected chi connectivity index (χ4v) is 3.73. The number of rotatable bonds is 8. The van der Waals surface area contributed by atoms with Crippen molar-refractivity contribution in [2.24, 2.45) is 0 Å². The van der Waals surface area contributed by atoms with E-state index in [4.69, 9.17) is 9.90 Å². The van der Waals surface area contributed by atoms with Gasteiger partial charge < -0.3 is 20.4 Å². The van der Waals surface area contributed by atoms with Crippen LogP contribution in [0.4, 0.5) is 28.9 Å². The standard InChI is InChI=1S/C24H27FN4O3.C2HF3O2/c1-5-29-16(3)20(15(2)27-29)12-13-28(4)22-11-10-19(14-21(22)24(31)32)26-23(30)17-6-8-18(25)9-7-17;3-2(4,5)1(6)7/h6-11,14H,5,12-13H2,1-4H3,(H,26,30)(H,31,32);(H,6,7). The van der Waals surface area contributed by atoms with Crippen molar-refractivity contribution in [3.63, 3.8) is 0 Å². The quantitative estimate of drug-likeness (QED) is 0.339. The molecule has 13 heteroatoms. The Hall–Kier alpha value is -4.42. The van der Waals surface area contributed by atoms with E-state index in [0.717, 1.165) is 24.4 Å². The minimum absolute atomic E-state index is 0.0853. The summed E-state index contributed by atoms with van der Waals surface area (Å²) in [6.07, 6.45) is -4.35. The molecule has 0 radical (unpaired) electrons. The summed E-state index contributed by atoms with van der Waals surface area (Å²) in [6.45, 7) is 7.48. The number of carbonyl (C=O) groups is 3. The summed E-state index contributed by atoms with van der Waals surface area (Å²) >= 11 is 0. The van der Waals surface area contributed by atoms with E-state index in [9.17, 15) is 32.3 Å². The van der Waals surface area contributed by atoms with Crippen LogP contribution in [0.5, 0.6) is 0 Å². The van der Waals surface area contributed by atoms with Crippen LogP contribution in [0, 0.1) is 19.7 Å². The van der Waals surface area contributed by atoms with Crippen LogP contribution in [0.25, 0.3) is 0 Å². The SMILES string of the molecule is CCn1nc(C)c(CCN(C)c2ccc(NC(=O)c3ccc(F)cc3)cc2C(=O)O)c1C.O=C(O)C(F)(F)F. The molecule has 1 aromatic heterocycles. The highest BCUT2D eigenvalue weighted by atomic mass is 19.4. The number of anilines is 2. The first-order chi connectivity index (χ1) is 18.1. The number of aromatic nitrogens is 2. The topological polar surface area (TPSA) is 125 Å². The Bertz CT molecular complexity index is 1340. The molecule has 9 nitrogen and oxygen atoms in total. The molecular weight excluding hydrogens is 524 g/mol. The highest BCUT2D eigenvalue weighted by molar-refractivity contribution is 6.05. The number of aryl methyl sites for hydroxylation is 2. The average molecular weight is 553 g/mol. The molecule has 0 aliphatic carbocycles. The number of halogens is 4. The fraction of sp³-hybridized carbons (Fsp3) is 0.308. The summed E-state index contributed by atoms with van der Waals surface area (Å²) < 4.78 is 46.8. The van der Waals surface area contributed by atoms with Crippen molar-refractivity contribution in [1.29, 1.82) is 0 Å². The Morgan fingerprint density at radius 1 is 1.05 bits per heavy atom. The summed E-state index contributed by atoms with van der Waals surface area (Å²) in [4.78, 5) is 35.1. The number of amides is 1. The molecule has 0 bridgehead atoms. The van der Waals surface area contributed by atoms with Crippen LogP contribution in [0.2, 0.25) is 0 Å². The lowest BCUT2D eigenvalue weighted by atomic mass is 10.1. The maximum Gasteiger partial charge on any atom is 0.490 e. The Morgan fingerprint density at radius 2 is 1.64 bits per heavy atom. The number of carboxylic acids is 2. The third-order valence-corrected chi connectivity index (χ3v) is 5.77. The molecule has 3 rings (SSSR count). The molecule has 0 saturated carbocycles. The smallest absolute Gasteiger partial charge is 0.478 e. The van der Waals surface area contributed by atoms with Gasteiger partial charge in [-0.25, -0.2) is 14.0 Å². The van der Waals surface area contributed by atoms with Crippen molar-refractivity contribution in [2.75, 3.05) is 23.8 Å². The number of likely N-dealkylation sites (N-methyl/N-ethyl adjacent to an activating group) is 1. The van der Waals surface area contributed by atoms with E-state index in [1.54, 1.807) is 12.1 Å². The number of carboxylic acid groups (broad SMARTS) is 2. The van der Waals surface area contributed by atoms with E-state index in [2.05, 4.69) is 10.4 Å². The lowest BCUT2D eigenvalue weighted by Crippen LogP contribution is -2.23. The van der Waals surface area contributed by atoms with Gasteiger partial charge in [0, 0.05) is 37.1 Å². The van der Waals surface area contributed by atoms with Gasteiger partial charge in [-0.15, -0.1) is 0 Å². The van der Waals surface area contributed by atoms with Crippen molar-refractivity contribution in [3.05, 3.63) is 76.4 Å². The maximum atomic E-state index is 13.1. The summed E-state index contributed by atoms with van der Waals surface area (Å²) in [5, 5.41) is 24.1. The number of alkyl halides is 3. The van der Waals surface area contributed by atoms with Gasteiger partial charge in [0.25, 0.3) is 5.91 Å². The van der Waals surface area contributed by atoms with Gasteiger partial charge in [-0.1, -0.05) is 0 Å². The number of carbonyl (C=O) groups excluding carboxylic acids is 1. The molecule has 0 spiro atoms. The zero-order valence-corrected chi connectivity index (χ0v) is 21.6. The van der Waals surface area contributed by atoms with Crippen LogP contribution in [0.3, 0.4) is 0 Å². The molecule has 1 heterocycles. The fourth-order valence-electron chi connectivity index (χ4n) is 3.73. The first-order valence-electron chi connectivity index (χ1n) is 11.6. The van der Waals surface area contributed by atoms with Crippen LogP contribution in [0.1, 0.15) is 44.6 Å². The zero-order chi connectivity index (χ0) is 29.5. The van der Waals surface area contributed by atoms with Crippen molar-refractivity contribution < 1.29 is 42.2 Å². The number of nitrogens with one attached hydrogen (secondary N) is 1. The zero-order valence-electron chi connectivity index (χ0n) is 21.6. The van der Waals surface area contributed by atoms with Gasteiger partial charge in [0.1, 0.15) is 5.82 Å². The number of benzene rings is 2. The largest absolute Gasteiger partial charge is 0.490 e. The van der Waals surface area contributed by atoms with E-state index in [1.807, 2.05) is 37.4 Å². The molecule has 2 aromatic carbocycles. The molecule has 1 amide bonds. The highest BCUT2D eigenvalue weighted by Gasteiger charge is 2.38. The van der Waals surface area contributed by atoms with E-state index in [1.165, 1.54) is 35.9 Å². The van der Waals surface area contributed by atoms with Gasteiger partial charge in [-0.2, -0.15) is 18.3 Å². The lowest BCUT2D eigenvalue weighted by molar-refractivity contribution is -0.192. The van der Waals surface area contributed by atoms with Crippen molar-refractivity contribution in [2.45, 2.75) is 39.9 Å². The number of hydrogen-bond acceptors (Lipinski definition) is 5. The molecular formula is C26H28F4N4O5. The van der Waals surface area contributed by atoms with Gasteiger partial charge >= 0.3 is 18.1 Å². The normalized spacial score (nSPS) is 10.9. The summed E-state index contributed by atoms with van der Waals surface area (Å²) in [5.41, 5.74) is 4.54. The molecule has 0 aliphatic rings. The van der Waals surface area contributed by atoms with Gasteiger partial charge in [0.2, 0.25) is 0 Å². The summed E-state index contributed by atoms with van der Waals surface area (Å²) in [5.74, 6) is -4.72. The van der Waals surface area contributed by atoms with Crippen LogP contribution >= 0.6 is 0 Å². The van der Waals surface area contributed by atoms with Crippen molar-refractivity contribution in [1.82, 2.24) is 9.78 Å². The molecule has 3 aromatic rings. The molecule has 0 aliphatic heterocycles. The number of aromatic carboxylic acids is 1. The van der Waals surface area contributed by atoms with Crippen LogP contribution in [-0.2, 0) is 17.8 Å². The van der Waals surface area contributed by atoms with Crippen LogP contribution in [0.15, 0.2) is 42.5 Å². The Labute approximate surface area is 221 Å². The summed E-state index contributed by atoms with van der Waals surface area (Å²) in [7, 11) is 1.84. The maximum absolute atomic E-state index is 13.1. The summed E-state index contributed by atoms with van der Waals surface area (Å²) in [6, 6.07) is 9.91. The molecule has 0 atom stereocenters. The van der Waals surface area contributed by atoms with Crippen LogP contribution in [-0.4, -0.2) is 57.6 Å².